The maximum Gasteiger partial charge on any atom is 0.254 e. The van der Waals surface area contributed by atoms with Crippen LogP contribution in [-0.2, 0) is 4.79 Å². The van der Waals surface area contributed by atoms with E-state index in [1.165, 1.54) is 4.90 Å². The molecule has 2 amide bonds. The van der Waals surface area contributed by atoms with E-state index in [0.717, 1.165) is 10.0 Å². The van der Waals surface area contributed by atoms with Crippen LogP contribution in [0.15, 0.2) is 22.7 Å². The third-order valence-corrected chi connectivity index (χ3v) is 4.57. The number of rotatable bonds is 2. The number of hydrogen-bond donors (Lipinski definition) is 2. The number of carbonyl (C=O) groups is 2. The fourth-order valence-corrected chi connectivity index (χ4v) is 2.79. The molecule has 1 aromatic carbocycles. The summed E-state index contributed by atoms with van der Waals surface area (Å²) in [5, 5.41) is 10.2. The molecule has 20 heavy (non-hydrogen) atoms. The van der Waals surface area contributed by atoms with Crippen molar-refractivity contribution in [1.82, 2.24) is 4.90 Å². The summed E-state index contributed by atoms with van der Waals surface area (Å²) in [5.74, 6) is -0.968. The molecule has 0 saturated carbocycles. The van der Waals surface area contributed by atoms with Crippen molar-refractivity contribution in [3.63, 3.8) is 0 Å². The number of aliphatic hydroxyl groups is 1. The van der Waals surface area contributed by atoms with Crippen molar-refractivity contribution in [1.29, 1.82) is 0 Å². The average Bonchev–Trinajstić information content (AvgIpc) is 2.41. The van der Waals surface area contributed by atoms with Gasteiger partial charge in [0.25, 0.3) is 11.8 Å². The Balaban J connectivity index is 2.25. The lowest BCUT2D eigenvalue weighted by atomic mass is 9.91. The SMILES string of the molecule is Cc1c(Br)cccc1C(=O)N1CCCC(O)(C(N)=O)C1. The van der Waals surface area contributed by atoms with Gasteiger partial charge in [-0.05, 0) is 37.5 Å². The molecule has 1 aromatic rings. The van der Waals surface area contributed by atoms with Crippen LogP contribution in [0.5, 0.6) is 0 Å². The van der Waals surface area contributed by atoms with E-state index in [4.69, 9.17) is 5.73 Å². The largest absolute Gasteiger partial charge is 0.378 e. The molecular formula is C14H17BrN2O3. The van der Waals surface area contributed by atoms with E-state index in [2.05, 4.69) is 15.9 Å². The fraction of sp³-hybridized carbons (Fsp3) is 0.429. The van der Waals surface area contributed by atoms with Crippen molar-refractivity contribution in [3.8, 4) is 0 Å². The number of primary amides is 1. The van der Waals surface area contributed by atoms with E-state index >= 15 is 0 Å². The van der Waals surface area contributed by atoms with Gasteiger partial charge in [0.15, 0.2) is 5.60 Å². The minimum absolute atomic E-state index is 0.0485. The third kappa shape index (κ3) is 2.71. The normalized spacial score (nSPS) is 22.6. The first-order valence-corrected chi connectivity index (χ1v) is 7.21. The Morgan fingerprint density at radius 1 is 1.45 bits per heavy atom. The maximum atomic E-state index is 12.5. The van der Waals surface area contributed by atoms with Crippen molar-refractivity contribution in [2.24, 2.45) is 5.73 Å². The van der Waals surface area contributed by atoms with Crippen LogP contribution >= 0.6 is 15.9 Å². The molecule has 1 saturated heterocycles. The van der Waals surface area contributed by atoms with Crippen LogP contribution in [0, 0.1) is 6.92 Å². The Morgan fingerprint density at radius 3 is 2.80 bits per heavy atom. The van der Waals surface area contributed by atoms with Crippen molar-refractivity contribution >= 4 is 27.7 Å². The first kappa shape index (κ1) is 15.0. The van der Waals surface area contributed by atoms with Crippen LogP contribution in [0.4, 0.5) is 0 Å². The Kier molecular flexibility index (Phi) is 4.15. The van der Waals surface area contributed by atoms with E-state index in [-0.39, 0.29) is 12.5 Å². The minimum Gasteiger partial charge on any atom is -0.378 e. The standard InChI is InChI=1S/C14H17BrN2O3/c1-9-10(4-2-5-11(9)15)12(18)17-7-3-6-14(20,8-17)13(16)19/h2,4-5,20H,3,6-8H2,1H3,(H2,16,19). The molecule has 1 atom stereocenters. The Hall–Kier alpha value is -1.40. The number of β-amino-alcohol motifs (C(OH)–C–C–N with tert-alkyl or cyclic N) is 1. The van der Waals surface area contributed by atoms with Gasteiger partial charge in [-0.25, -0.2) is 0 Å². The van der Waals surface area contributed by atoms with E-state index < -0.39 is 11.5 Å². The first-order chi connectivity index (χ1) is 9.35. The van der Waals surface area contributed by atoms with E-state index in [1.54, 1.807) is 12.1 Å². The van der Waals surface area contributed by atoms with Gasteiger partial charge in [-0.1, -0.05) is 22.0 Å². The highest BCUT2D eigenvalue weighted by Crippen LogP contribution is 2.25. The van der Waals surface area contributed by atoms with Crippen LogP contribution < -0.4 is 5.73 Å². The van der Waals surface area contributed by atoms with Crippen LogP contribution in [0.25, 0.3) is 0 Å². The van der Waals surface area contributed by atoms with Gasteiger partial charge in [-0.2, -0.15) is 0 Å². The summed E-state index contributed by atoms with van der Waals surface area (Å²) in [5.41, 5.74) is 5.01. The topological polar surface area (TPSA) is 83.6 Å². The van der Waals surface area contributed by atoms with Crippen LogP contribution in [-0.4, -0.2) is 40.5 Å². The van der Waals surface area contributed by atoms with E-state index in [9.17, 15) is 14.7 Å². The van der Waals surface area contributed by atoms with Gasteiger partial charge >= 0.3 is 0 Å². The maximum absolute atomic E-state index is 12.5. The predicted octanol–water partition coefficient (Wildman–Crippen LogP) is 1.21. The zero-order valence-electron chi connectivity index (χ0n) is 11.2. The molecule has 2 rings (SSSR count). The summed E-state index contributed by atoms with van der Waals surface area (Å²) >= 11 is 3.39. The highest BCUT2D eigenvalue weighted by molar-refractivity contribution is 9.10. The quantitative estimate of drug-likeness (QED) is 0.848. The Morgan fingerprint density at radius 2 is 2.15 bits per heavy atom. The molecule has 1 aliphatic rings. The van der Waals surface area contributed by atoms with Crippen LogP contribution in [0.3, 0.4) is 0 Å². The monoisotopic (exact) mass is 340 g/mol. The molecule has 5 nitrogen and oxygen atoms in total. The van der Waals surface area contributed by atoms with Crippen molar-refractivity contribution in [3.05, 3.63) is 33.8 Å². The lowest BCUT2D eigenvalue weighted by Crippen LogP contribution is -2.57. The highest BCUT2D eigenvalue weighted by atomic mass is 79.9. The molecule has 3 N–H and O–H groups in total. The van der Waals surface area contributed by atoms with Crippen molar-refractivity contribution in [2.75, 3.05) is 13.1 Å². The van der Waals surface area contributed by atoms with Gasteiger partial charge in [-0.3, -0.25) is 9.59 Å². The smallest absolute Gasteiger partial charge is 0.254 e. The van der Waals surface area contributed by atoms with Gasteiger partial charge in [0.2, 0.25) is 0 Å². The number of halogens is 1. The van der Waals surface area contributed by atoms with E-state index in [1.807, 2.05) is 13.0 Å². The molecular weight excluding hydrogens is 324 g/mol. The summed E-state index contributed by atoms with van der Waals surface area (Å²) in [6.07, 6.45) is 0.849. The molecule has 1 aliphatic heterocycles. The number of carbonyl (C=O) groups excluding carboxylic acids is 2. The van der Waals surface area contributed by atoms with E-state index in [0.29, 0.717) is 24.9 Å². The number of likely N-dealkylation sites (tertiary alicyclic amines) is 1. The van der Waals surface area contributed by atoms with Crippen molar-refractivity contribution < 1.29 is 14.7 Å². The van der Waals surface area contributed by atoms with Gasteiger partial charge in [0.05, 0.1) is 6.54 Å². The fourth-order valence-electron chi connectivity index (χ4n) is 2.42. The van der Waals surface area contributed by atoms with Gasteiger partial charge in [0, 0.05) is 16.6 Å². The molecule has 108 valence electrons. The van der Waals surface area contributed by atoms with Crippen molar-refractivity contribution in [2.45, 2.75) is 25.4 Å². The number of piperidine rings is 1. The molecule has 1 heterocycles. The highest BCUT2D eigenvalue weighted by Gasteiger charge is 2.40. The first-order valence-electron chi connectivity index (χ1n) is 6.42. The second-order valence-electron chi connectivity index (χ2n) is 5.14. The molecule has 0 bridgehead atoms. The predicted molar refractivity (Wildman–Crippen MR) is 78.2 cm³/mol. The third-order valence-electron chi connectivity index (χ3n) is 3.71. The number of benzene rings is 1. The van der Waals surface area contributed by atoms with Crippen LogP contribution in [0.1, 0.15) is 28.8 Å². The Labute approximate surface area is 125 Å². The molecule has 1 unspecified atom stereocenters. The number of hydrogen-bond acceptors (Lipinski definition) is 3. The molecule has 0 radical (unpaired) electrons. The Bertz CT molecular complexity index is 561. The minimum atomic E-state index is -1.62. The summed E-state index contributed by atoms with van der Waals surface area (Å²) in [6.45, 7) is 2.31. The molecule has 1 fully saturated rings. The lowest BCUT2D eigenvalue weighted by Gasteiger charge is -2.37. The number of nitrogens with two attached hydrogens (primary N) is 1. The second-order valence-corrected chi connectivity index (χ2v) is 5.99. The van der Waals surface area contributed by atoms with Gasteiger partial charge < -0.3 is 15.7 Å². The zero-order chi connectivity index (χ0) is 14.9. The summed E-state index contributed by atoms with van der Waals surface area (Å²) in [6, 6.07) is 5.39. The number of nitrogens with zero attached hydrogens (tertiary/aromatic N) is 1. The van der Waals surface area contributed by atoms with Gasteiger partial charge in [0.1, 0.15) is 0 Å². The summed E-state index contributed by atoms with van der Waals surface area (Å²) in [4.78, 5) is 25.3. The average molecular weight is 341 g/mol. The summed E-state index contributed by atoms with van der Waals surface area (Å²) < 4.78 is 0.852. The molecule has 0 spiro atoms. The van der Waals surface area contributed by atoms with Gasteiger partial charge in [-0.15, -0.1) is 0 Å². The van der Waals surface area contributed by atoms with Crippen LogP contribution in [0.2, 0.25) is 0 Å². The molecule has 0 aliphatic carbocycles. The lowest BCUT2D eigenvalue weighted by molar-refractivity contribution is -0.140. The second kappa shape index (κ2) is 5.54. The zero-order valence-corrected chi connectivity index (χ0v) is 12.8. The summed E-state index contributed by atoms with van der Waals surface area (Å²) in [7, 11) is 0. The molecule has 6 heteroatoms. The molecule has 0 aromatic heterocycles. The number of amides is 2.